The van der Waals surface area contributed by atoms with E-state index < -0.39 is 10.0 Å². The number of nitrogens with zero attached hydrogens (tertiary/aromatic N) is 1. The number of sulfonamides is 1. The van der Waals surface area contributed by atoms with Gasteiger partial charge in [0.25, 0.3) is 0 Å². The summed E-state index contributed by atoms with van der Waals surface area (Å²) in [5, 5.41) is 0.491. The first kappa shape index (κ1) is 17.7. The van der Waals surface area contributed by atoms with E-state index in [-0.39, 0.29) is 22.5 Å². The lowest BCUT2D eigenvalue weighted by molar-refractivity contribution is 0.342. The average Bonchev–Trinajstić information content (AvgIpc) is 2.39. The molecule has 0 aliphatic rings. The third-order valence-electron chi connectivity index (χ3n) is 3.34. The Balaban J connectivity index is 3.43. The number of hydrogen-bond acceptors (Lipinski definition) is 3. The lowest BCUT2D eigenvalue weighted by Gasteiger charge is -2.27. The molecule has 0 fully saturated rings. The van der Waals surface area contributed by atoms with Crippen molar-refractivity contribution < 1.29 is 8.42 Å². The van der Waals surface area contributed by atoms with Crippen molar-refractivity contribution in [2.75, 3.05) is 6.54 Å². The Bertz CT molecular complexity index is 576. The van der Waals surface area contributed by atoms with E-state index in [2.05, 4.69) is 0 Å². The van der Waals surface area contributed by atoms with Crippen molar-refractivity contribution in [3.63, 3.8) is 0 Å². The Morgan fingerprint density at radius 1 is 1.30 bits per heavy atom. The molecule has 2 N–H and O–H groups in total. The van der Waals surface area contributed by atoms with Crippen molar-refractivity contribution in [2.24, 2.45) is 5.73 Å². The predicted octanol–water partition coefficient (Wildman–Crippen LogP) is 3.26. The lowest BCUT2D eigenvalue weighted by atomic mass is 10.2. The number of benzene rings is 1. The fourth-order valence-corrected chi connectivity index (χ4v) is 4.63. The molecule has 1 aromatic carbocycles. The molecule has 0 bridgehead atoms. The Kier molecular flexibility index (Phi) is 6.28. The topological polar surface area (TPSA) is 63.4 Å². The Morgan fingerprint density at radius 3 is 2.35 bits per heavy atom. The highest BCUT2D eigenvalue weighted by atomic mass is 35.5. The highest BCUT2D eigenvalue weighted by Gasteiger charge is 2.29. The minimum absolute atomic E-state index is 0.0613. The molecular weight excluding hydrogens is 319 g/mol. The molecule has 0 saturated carbocycles. The van der Waals surface area contributed by atoms with Gasteiger partial charge in [-0.05, 0) is 25.5 Å². The number of hydrogen-bond donors (Lipinski definition) is 1. The smallest absolute Gasteiger partial charge is 0.244 e. The summed E-state index contributed by atoms with van der Waals surface area (Å²) in [5.41, 5.74) is 6.03. The monoisotopic (exact) mass is 338 g/mol. The summed E-state index contributed by atoms with van der Waals surface area (Å²) in [6, 6.07) is 2.86. The van der Waals surface area contributed by atoms with Crippen molar-refractivity contribution in [2.45, 2.75) is 44.7 Å². The molecule has 1 unspecified atom stereocenters. The van der Waals surface area contributed by atoms with Crippen LogP contribution in [0.1, 0.15) is 32.8 Å². The molecule has 0 spiro atoms. The number of nitrogens with two attached hydrogens (primary N) is 1. The van der Waals surface area contributed by atoms with Crippen LogP contribution in [-0.4, -0.2) is 25.3 Å². The third-order valence-corrected chi connectivity index (χ3v) is 6.36. The van der Waals surface area contributed by atoms with Crippen molar-refractivity contribution in [1.29, 1.82) is 0 Å². The molecule has 114 valence electrons. The van der Waals surface area contributed by atoms with Gasteiger partial charge in [-0.3, -0.25) is 0 Å². The summed E-state index contributed by atoms with van der Waals surface area (Å²) in [7, 11) is -3.66. The van der Waals surface area contributed by atoms with Crippen molar-refractivity contribution in [3.05, 3.63) is 27.7 Å². The van der Waals surface area contributed by atoms with Gasteiger partial charge in [-0.1, -0.05) is 37.0 Å². The average molecular weight is 339 g/mol. The van der Waals surface area contributed by atoms with Gasteiger partial charge in [-0.25, -0.2) is 8.42 Å². The quantitative estimate of drug-likeness (QED) is 0.865. The molecule has 0 saturated heterocycles. The zero-order valence-electron chi connectivity index (χ0n) is 11.9. The molecule has 1 atom stereocenters. The zero-order valence-corrected chi connectivity index (χ0v) is 14.2. The minimum atomic E-state index is -3.66. The summed E-state index contributed by atoms with van der Waals surface area (Å²) >= 11 is 12.2. The first-order valence-electron chi connectivity index (χ1n) is 6.49. The lowest BCUT2D eigenvalue weighted by Crippen LogP contribution is -2.38. The molecule has 0 aliphatic carbocycles. The van der Waals surface area contributed by atoms with E-state index in [4.69, 9.17) is 28.9 Å². The first-order chi connectivity index (χ1) is 9.31. The van der Waals surface area contributed by atoms with E-state index in [9.17, 15) is 8.42 Å². The highest BCUT2D eigenvalue weighted by Crippen LogP contribution is 2.33. The maximum absolute atomic E-state index is 12.7. The van der Waals surface area contributed by atoms with Crippen molar-refractivity contribution in [1.82, 2.24) is 4.31 Å². The summed E-state index contributed by atoms with van der Waals surface area (Å²) in [6.45, 7) is 6.09. The van der Waals surface area contributed by atoms with E-state index in [0.29, 0.717) is 17.1 Å². The maximum Gasteiger partial charge on any atom is 0.244 e. The van der Waals surface area contributed by atoms with Gasteiger partial charge in [0.2, 0.25) is 10.0 Å². The van der Waals surface area contributed by atoms with Crippen LogP contribution in [0.15, 0.2) is 17.0 Å². The van der Waals surface area contributed by atoms with Gasteiger partial charge in [0, 0.05) is 29.7 Å². The Morgan fingerprint density at radius 2 is 1.90 bits per heavy atom. The highest BCUT2D eigenvalue weighted by molar-refractivity contribution is 7.89. The van der Waals surface area contributed by atoms with E-state index in [0.717, 1.165) is 6.42 Å². The van der Waals surface area contributed by atoms with Crippen LogP contribution in [-0.2, 0) is 16.6 Å². The summed E-state index contributed by atoms with van der Waals surface area (Å²) in [6.07, 6.45) is 0.724. The number of rotatable bonds is 6. The standard InChI is InChI=1S/C13H20Cl2N2O2S/c1-4-9(3)17(5-2)20(18,19)12-7-6-11(14)10(8-16)13(12)15/h6-7,9H,4-5,8,16H2,1-3H3. The molecule has 20 heavy (non-hydrogen) atoms. The second-order valence-electron chi connectivity index (χ2n) is 4.51. The second-order valence-corrected chi connectivity index (χ2v) is 7.15. The third kappa shape index (κ3) is 3.28. The van der Waals surface area contributed by atoms with Gasteiger partial charge >= 0.3 is 0 Å². The van der Waals surface area contributed by atoms with Crippen LogP contribution in [0, 0.1) is 0 Å². The van der Waals surface area contributed by atoms with E-state index in [1.165, 1.54) is 16.4 Å². The molecule has 0 aromatic heterocycles. The largest absolute Gasteiger partial charge is 0.326 e. The fourth-order valence-electron chi connectivity index (χ4n) is 2.01. The van der Waals surface area contributed by atoms with Gasteiger partial charge in [0.15, 0.2) is 0 Å². The van der Waals surface area contributed by atoms with Crippen molar-refractivity contribution in [3.8, 4) is 0 Å². The normalized spacial score (nSPS) is 13.8. The van der Waals surface area contributed by atoms with Gasteiger partial charge in [-0.2, -0.15) is 4.31 Å². The summed E-state index contributed by atoms with van der Waals surface area (Å²) in [4.78, 5) is 0.0613. The van der Waals surface area contributed by atoms with Crippen LogP contribution >= 0.6 is 23.2 Å². The molecule has 1 rings (SSSR count). The van der Waals surface area contributed by atoms with Crippen molar-refractivity contribution >= 4 is 33.2 Å². The van der Waals surface area contributed by atoms with Crippen LogP contribution in [0.2, 0.25) is 10.0 Å². The van der Waals surface area contributed by atoms with E-state index >= 15 is 0 Å². The second kappa shape index (κ2) is 7.09. The molecule has 0 amide bonds. The van der Waals surface area contributed by atoms with Gasteiger partial charge in [0.05, 0.1) is 5.02 Å². The van der Waals surface area contributed by atoms with Gasteiger partial charge in [-0.15, -0.1) is 0 Å². The van der Waals surface area contributed by atoms with Gasteiger partial charge in [0.1, 0.15) is 4.90 Å². The predicted molar refractivity (Wildman–Crippen MR) is 83.7 cm³/mol. The van der Waals surface area contributed by atoms with Crippen LogP contribution in [0.25, 0.3) is 0 Å². The van der Waals surface area contributed by atoms with E-state index in [1.54, 1.807) is 6.92 Å². The Hall–Kier alpha value is -0.330. The molecule has 4 nitrogen and oxygen atoms in total. The van der Waals surface area contributed by atoms with Crippen LogP contribution in [0.4, 0.5) is 0 Å². The molecule has 0 radical (unpaired) electrons. The zero-order chi connectivity index (χ0) is 15.5. The summed E-state index contributed by atoms with van der Waals surface area (Å²) in [5.74, 6) is 0. The van der Waals surface area contributed by atoms with Crippen LogP contribution < -0.4 is 5.73 Å². The number of halogens is 2. The molecule has 1 aromatic rings. The minimum Gasteiger partial charge on any atom is -0.326 e. The van der Waals surface area contributed by atoms with E-state index in [1.807, 2.05) is 13.8 Å². The maximum atomic E-state index is 12.7. The molecule has 7 heteroatoms. The van der Waals surface area contributed by atoms with Crippen LogP contribution in [0.5, 0.6) is 0 Å². The SMILES string of the molecule is CCC(C)N(CC)S(=O)(=O)c1ccc(Cl)c(CN)c1Cl. The van der Waals surface area contributed by atoms with Crippen LogP contribution in [0.3, 0.4) is 0 Å². The molecule has 0 aliphatic heterocycles. The fraction of sp³-hybridized carbons (Fsp3) is 0.538. The Labute approximate surface area is 130 Å². The van der Waals surface area contributed by atoms with Gasteiger partial charge < -0.3 is 5.73 Å². The first-order valence-corrected chi connectivity index (χ1v) is 8.69. The molecule has 0 heterocycles. The molecular formula is C13H20Cl2N2O2S. The summed E-state index contributed by atoms with van der Waals surface area (Å²) < 4.78 is 26.9.